The molecule has 0 saturated heterocycles. The minimum absolute atomic E-state index is 0.267. The van der Waals surface area contributed by atoms with E-state index in [1.54, 1.807) is 12.2 Å². The third-order valence-electron chi connectivity index (χ3n) is 4.90. The van der Waals surface area contributed by atoms with Gasteiger partial charge in [0.25, 0.3) is 0 Å². The maximum atomic E-state index is 13.3. The number of rotatable bonds is 9. The molecule has 4 unspecified atom stereocenters. The number of carbonyl (C=O) groups is 2. The first-order chi connectivity index (χ1) is 12.3. The molecule has 4 atom stereocenters. The van der Waals surface area contributed by atoms with Crippen molar-refractivity contribution < 1.29 is 50.0 Å². The molecule has 0 aromatic rings. The minimum atomic E-state index is -6.28. The molecule has 7 nitrogen and oxygen atoms in total. The van der Waals surface area contributed by atoms with Gasteiger partial charge in [-0.1, -0.05) is 12.2 Å². The quantitative estimate of drug-likeness (QED) is 0.194. The molecule has 2 aliphatic rings. The molecular weight excluding hydrogens is 400 g/mol. The summed E-state index contributed by atoms with van der Waals surface area (Å²) in [6.07, 6.45) is 1.54. The third-order valence-corrected chi connectivity index (χ3v) is 5.84. The van der Waals surface area contributed by atoms with E-state index in [4.69, 9.17) is 9.29 Å². The molecule has 2 aliphatic carbocycles. The maximum Gasteiger partial charge on any atom is 0.431 e. The van der Waals surface area contributed by atoms with Crippen LogP contribution in [0.25, 0.3) is 0 Å². The van der Waals surface area contributed by atoms with E-state index >= 15 is 0 Å². The number of hydrogen-bond donors (Lipinski definition) is 2. The number of carbonyl (C=O) groups excluding carboxylic acids is 1. The van der Waals surface area contributed by atoms with Crippen LogP contribution in [-0.4, -0.2) is 47.8 Å². The van der Waals surface area contributed by atoms with Gasteiger partial charge in [-0.2, -0.15) is 26.0 Å². The van der Waals surface area contributed by atoms with E-state index in [1.807, 2.05) is 0 Å². The van der Waals surface area contributed by atoms with Crippen LogP contribution in [-0.2, 0) is 24.4 Å². The van der Waals surface area contributed by atoms with Crippen LogP contribution < -0.4 is 0 Å². The number of carboxylic acids is 1. The van der Waals surface area contributed by atoms with Crippen molar-refractivity contribution in [3.05, 3.63) is 12.2 Å². The molecule has 27 heavy (non-hydrogen) atoms. The van der Waals surface area contributed by atoms with Crippen LogP contribution in [0.3, 0.4) is 0 Å². The van der Waals surface area contributed by atoms with Gasteiger partial charge in [0.05, 0.1) is 18.4 Å². The van der Waals surface area contributed by atoms with Gasteiger partial charge < -0.3 is 9.84 Å². The van der Waals surface area contributed by atoms with Gasteiger partial charge in [-0.3, -0.25) is 14.1 Å². The molecule has 0 aromatic heterocycles. The lowest BCUT2D eigenvalue weighted by Crippen LogP contribution is -2.46. The minimum Gasteiger partial charge on any atom is -0.481 e. The van der Waals surface area contributed by atoms with E-state index in [2.05, 4.69) is 0 Å². The van der Waals surface area contributed by atoms with Crippen LogP contribution in [0.15, 0.2) is 12.2 Å². The fourth-order valence-electron chi connectivity index (χ4n) is 3.53. The molecule has 0 aromatic carbocycles. The molecule has 1 saturated carbocycles. The molecule has 0 radical (unpaired) electrons. The number of hydrogen-bond acceptors (Lipinski definition) is 5. The number of ether oxygens (including phenoxy) is 1. The van der Waals surface area contributed by atoms with Crippen molar-refractivity contribution >= 4 is 22.1 Å². The van der Waals surface area contributed by atoms with E-state index in [-0.39, 0.29) is 18.3 Å². The summed E-state index contributed by atoms with van der Waals surface area (Å²) in [7, 11) is -6.28. The van der Waals surface area contributed by atoms with Crippen molar-refractivity contribution in [2.75, 3.05) is 6.61 Å². The first kappa shape index (κ1) is 21.6. The molecule has 12 heteroatoms. The summed E-state index contributed by atoms with van der Waals surface area (Å²) >= 11 is 0. The summed E-state index contributed by atoms with van der Waals surface area (Å²) in [6.45, 7) is -0.406. The SMILES string of the molecule is O=C(O)C1C2C=CC(C2)C1C(=O)OCCCCC(F)(F)C(F)(F)S(=O)(=O)O. The number of esters is 1. The summed E-state index contributed by atoms with van der Waals surface area (Å²) < 4.78 is 86.5. The molecule has 0 spiro atoms. The van der Waals surface area contributed by atoms with Crippen LogP contribution in [0.5, 0.6) is 0 Å². The summed E-state index contributed by atoms with van der Waals surface area (Å²) in [6, 6.07) is 0. The van der Waals surface area contributed by atoms with Crippen molar-refractivity contribution in [3.63, 3.8) is 0 Å². The summed E-state index contributed by atoms with van der Waals surface area (Å²) in [5, 5.41) is 3.61. The van der Waals surface area contributed by atoms with Gasteiger partial charge in [0.1, 0.15) is 0 Å². The van der Waals surface area contributed by atoms with Crippen molar-refractivity contribution in [1.29, 1.82) is 0 Å². The van der Waals surface area contributed by atoms with Gasteiger partial charge in [0.2, 0.25) is 0 Å². The number of fused-ring (bicyclic) bond motifs is 2. The maximum absolute atomic E-state index is 13.3. The molecular formula is C15H18F4O7S. The van der Waals surface area contributed by atoms with Gasteiger partial charge in [0, 0.05) is 6.42 Å². The zero-order chi connectivity index (χ0) is 20.6. The Kier molecular flexibility index (Phi) is 5.91. The van der Waals surface area contributed by atoms with E-state index in [1.165, 1.54) is 0 Å². The summed E-state index contributed by atoms with van der Waals surface area (Å²) in [5.41, 5.74) is 0. The van der Waals surface area contributed by atoms with Gasteiger partial charge in [0.15, 0.2) is 0 Å². The molecule has 2 N–H and O–H groups in total. The second kappa shape index (κ2) is 7.38. The second-order valence-corrected chi connectivity index (χ2v) is 8.12. The molecule has 1 fully saturated rings. The Bertz CT molecular complexity index is 734. The number of allylic oxidation sites excluding steroid dienone is 2. The summed E-state index contributed by atoms with van der Waals surface area (Å²) in [5.74, 6) is -9.29. The highest BCUT2D eigenvalue weighted by atomic mass is 32.2. The Labute approximate surface area is 152 Å². The monoisotopic (exact) mass is 418 g/mol. The zero-order valence-electron chi connectivity index (χ0n) is 13.9. The molecule has 154 valence electrons. The molecule has 2 bridgehead atoms. The number of carboxylic acid groups (broad SMARTS) is 1. The average Bonchev–Trinajstić information content (AvgIpc) is 3.13. The Morgan fingerprint density at radius 3 is 2.15 bits per heavy atom. The zero-order valence-corrected chi connectivity index (χ0v) is 14.7. The van der Waals surface area contributed by atoms with Crippen LogP contribution in [0.2, 0.25) is 0 Å². The first-order valence-corrected chi connectivity index (χ1v) is 9.54. The highest BCUT2D eigenvalue weighted by Crippen LogP contribution is 2.48. The van der Waals surface area contributed by atoms with Crippen molar-refractivity contribution in [2.24, 2.45) is 23.7 Å². The Hall–Kier alpha value is -1.69. The fraction of sp³-hybridized carbons (Fsp3) is 0.733. The van der Waals surface area contributed by atoms with Crippen LogP contribution in [0.4, 0.5) is 17.6 Å². The number of halogens is 4. The smallest absolute Gasteiger partial charge is 0.431 e. The van der Waals surface area contributed by atoms with Gasteiger partial charge in [-0.05, 0) is 31.1 Å². The standard InChI is InChI=1S/C15H18F4O7S/c16-14(17,15(18,19)27(23,24)25)5-1-2-6-26-13(22)11-9-4-3-8(7-9)10(11)12(20)21/h3-4,8-11H,1-2,5-7H2,(H,20,21)(H,23,24,25). The average molecular weight is 418 g/mol. The van der Waals surface area contributed by atoms with E-state index in [9.17, 15) is 40.7 Å². The van der Waals surface area contributed by atoms with Crippen LogP contribution in [0.1, 0.15) is 25.7 Å². The van der Waals surface area contributed by atoms with Crippen molar-refractivity contribution in [3.8, 4) is 0 Å². The topological polar surface area (TPSA) is 118 Å². The highest BCUT2D eigenvalue weighted by molar-refractivity contribution is 7.87. The van der Waals surface area contributed by atoms with Gasteiger partial charge in [-0.25, -0.2) is 0 Å². The van der Waals surface area contributed by atoms with E-state index in [0.717, 1.165) is 0 Å². The third kappa shape index (κ3) is 4.10. The fourth-order valence-corrected chi connectivity index (χ4v) is 4.01. The highest BCUT2D eigenvalue weighted by Gasteiger charge is 2.64. The largest absolute Gasteiger partial charge is 0.481 e. The number of unbranched alkanes of at least 4 members (excludes halogenated alkanes) is 1. The molecule has 0 heterocycles. The lowest BCUT2D eigenvalue weighted by Gasteiger charge is -2.24. The molecule has 0 amide bonds. The normalized spacial score (nSPS) is 27.7. The molecule has 0 aliphatic heterocycles. The number of aliphatic carboxylic acids is 1. The predicted octanol–water partition coefficient (Wildman–Crippen LogP) is 2.34. The second-order valence-electron chi connectivity index (χ2n) is 6.66. The Morgan fingerprint density at radius 2 is 1.63 bits per heavy atom. The van der Waals surface area contributed by atoms with Crippen molar-refractivity contribution in [1.82, 2.24) is 0 Å². The van der Waals surface area contributed by atoms with Gasteiger partial charge >= 0.3 is 33.2 Å². The summed E-state index contributed by atoms with van der Waals surface area (Å²) in [4.78, 5) is 23.4. The number of alkyl halides is 4. The molecule has 2 rings (SSSR count). The van der Waals surface area contributed by atoms with Gasteiger partial charge in [-0.15, -0.1) is 0 Å². The lowest BCUT2D eigenvalue weighted by atomic mass is 9.83. The van der Waals surface area contributed by atoms with E-state index < -0.39 is 64.5 Å². The Balaban J connectivity index is 1.81. The lowest BCUT2D eigenvalue weighted by molar-refractivity contribution is -0.165. The van der Waals surface area contributed by atoms with Crippen molar-refractivity contribution in [2.45, 2.75) is 36.9 Å². The van der Waals surface area contributed by atoms with Crippen LogP contribution in [0, 0.1) is 23.7 Å². The van der Waals surface area contributed by atoms with Crippen LogP contribution >= 0.6 is 0 Å². The predicted molar refractivity (Wildman–Crippen MR) is 81.6 cm³/mol. The first-order valence-electron chi connectivity index (χ1n) is 8.10. The van der Waals surface area contributed by atoms with E-state index in [0.29, 0.717) is 6.42 Å². The Morgan fingerprint density at radius 1 is 1.07 bits per heavy atom.